The van der Waals surface area contributed by atoms with E-state index in [0.717, 1.165) is 25.9 Å². The highest BCUT2D eigenvalue weighted by atomic mass is 28.3. The lowest BCUT2D eigenvalue weighted by Crippen LogP contribution is -2.41. The number of carbonyl (C=O) groups excluding carboxylic acids is 1. The second-order valence-electron chi connectivity index (χ2n) is 8.61. The van der Waals surface area contributed by atoms with Crippen molar-refractivity contribution in [1.82, 2.24) is 4.90 Å². The summed E-state index contributed by atoms with van der Waals surface area (Å²) < 4.78 is 5.46. The molecule has 23 heavy (non-hydrogen) atoms. The van der Waals surface area contributed by atoms with Gasteiger partial charge in [-0.1, -0.05) is 49.1 Å². The van der Waals surface area contributed by atoms with Crippen LogP contribution in [-0.2, 0) is 4.74 Å². The van der Waals surface area contributed by atoms with Crippen LogP contribution in [0, 0.1) is 0 Å². The number of likely N-dealkylation sites (tertiary alicyclic amines) is 1. The molecule has 0 atom stereocenters. The van der Waals surface area contributed by atoms with Crippen LogP contribution in [-0.4, -0.2) is 37.8 Å². The Balaban J connectivity index is 1.93. The van der Waals surface area contributed by atoms with Crippen LogP contribution >= 0.6 is 0 Å². The van der Waals surface area contributed by atoms with E-state index >= 15 is 0 Å². The van der Waals surface area contributed by atoms with Crippen LogP contribution in [0.25, 0.3) is 0 Å². The van der Waals surface area contributed by atoms with Crippen LogP contribution in [0.4, 0.5) is 4.79 Å². The lowest BCUT2D eigenvalue weighted by Gasteiger charge is -2.33. The van der Waals surface area contributed by atoms with Crippen molar-refractivity contribution in [2.24, 2.45) is 0 Å². The number of piperidine rings is 1. The van der Waals surface area contributed by atoms with Gasteiger partial charge in [-0.3, -0.25) is 0 Å². The largest absolute Gasteiger partial charge is 0.444 e. The maximum absolute atomic E-state index is 12.1. The summed E-state index contributed by atoms with van der Waals surface area (Å²) in [5.41, 5.74) is 0.997. The number of benzene rings is 1. The molecular weight excluding hydrogens is 302 g/mol. The smallest absolute Gasteiger partial charge is 0.410 e. The van der Waals surface area contributed by atoms with E-state index in [4.69, 9.17) is 4.74 Å². The first kappa shape index (κ1) is 18.1. The predicted molar refractivity (Wildman–Crippen MR) is 99.2 cm³/mol. The van der Waals surface area contributed by atoms with E-state index in [1.807, 2.05) is 25.7 Å². The highest BCUT2D eigenvalue weighted by molar-refractivity contribution is 6.88. The summed E-state index contributed by atoms with van der Waals surface area (Å²) in [5, 5.41) is 1.51. The molecule has 0 bridgehead atoms. The van der Waals surface area contributed by atoms with Crippen molar-refractivity contribution < 1.29 is 9.53 Å². The molecule has 1 amide bonds. The molecule has 3 nitrogen and oxygen atoms in total. The molecule has 1 aliphatic heterocycles. The number of carbonyl (C=O) groups is 1. The maximum Gasteiger partial charge on any atom is 0.410 e. The highest BCUT2D eigenvalue weighted by Crippen LogP contribution is 2.28. The van der Waals surface area contributed by atoms with E-state index in [0.29, 0.717) is 5.92 Å². The van der Waals surface area contributed by atoms with Crippen molar-refractivity contribution in [3.05, 3.63) is 29.8 Å². The van der Waals surface area contributed by atoms with Crippen molar-refractivity contribution in [3.8, 4) is 0 Å². The Kier molecular flexibility index (Phi) is 5.24. The Morgan fingerprint density at radius 1 is 1.09 bits per heavy atom. The number of amides is 1. The SMILES string of the molecule is CC(C)(C)OC(=O)N1CCC(c2ccc([Si](C)(C)C)cc2)CC1. The van der Waals surface area contributed by atoms with Crippen LogP contribution in [0.2, 0.25) is 19.6 Å². The lowest BCUT2D eigenvalue weighted by atomic mass is 9.90. The maximum atomic E-state index is 12.1. The highest BCUT2D eigenvalue weighted by Gasteiger charge is 2.27. The molecule has 0 aromatic heterocycles. The average molecular weight is 334 g/mol. The van der Waals surface area contributed by atoms with Crippen molar-refractivity contribution in [1.29, 1.82) is 0 Å². The van der Waals surface area contributed by atoms with Gasteiger partial charge >= 0.3 is 6.09 Å². The number of nitrogens with zero attached hydrogens (tertiary/aromatic N) is 1. The Morgan fingerprint density at radius 2 is 1.61 bits per heavy atom. The van der Waals surface area contributed by atoms with Gasteiger partial charge in [-0.25, -0.2) is 4.79 Å². The number of hydrogen-bond acceptors (Lipinski definition) is 2. The fourth-order valence-electron chi connectivity index (χ4n) is 2.98. The fraction of sp³-hybridized carbons (Fsp3) is 0.632. The van der Waals surface area contributed by atoms with Crippen LogP contribution in [0.3, 0.4) is 0 Å². The van der Waals surface area contributed by atoms with Gasteiger partial charge < -0.3 is 9.64 Å². The van der Waals surface area contributed by atoms with Crippen molar-refractivity contribution >= 4 is 19.4 Å². The van der Waals surface area contributed by atoms with Crippen LogP contribution in [0.15, 0.2) is 24.3 Å². The van der Waals surface area contributed by atoms with Gasteiger partial charge in [-0.2, -0.15) is 0 Å². The molecule has 1 aliphatic rings. The molecule has 0 unspecified atom stereocenters. The van der Waals surface area contributed by atoms with Gasteiger partial charge in [0.1, 0.15) is 5.60 Å². The summed E-state index contributed by atoms with van der Waals surface area (Å²) in [7, 11) is -1.22. The summed E-state index contributed by atoms with van der Waals surface area (Å²) in [6, 6.07) is 9.20. The topological polar surface area (TPSA) is 29.5 Å². The number of rotatable bonds is 2. The van der Waals surface area contributed by atoms with Gasteiger partial charge in [0.05, 0.1) is 8.07 Å². The van der Waals surface area contributed by atoms with Gasteiger partial charge in [-0.15, -0.1) is 0 Å². The summed E-state index contributed by atoms with van der Waals surface area (Å²) in [6.07, 6.45) is 1.86. The molecule has 1 heterocycles. The second kappa shape index (κ2) is 6.68. The third-order valence-electron chi connectivity index (χ3n) is 4.39. The summed E-state index contributed by atoms with van der Waals surface area (Å²) in [6.45, 7) is 14.4. The van der Waals surface area contributed by atoms with Gasteiger partial charge in [0.2, 0.25) is 0 Å². The molecule has 128 valence electrons. The first-order valence-electron chi connectivity index (χ1n) is 8.64. The van der Waals surface area contributed by atoms with Crippen LogP contribution in [0.1, 0.15) is 45.1 Å². The Hall–Kier alpha value is -1.29. The molecular formula is C19H31NO2Si. The molecule has 0 aliphatic carbocycles. The van der Waals surface area contributed by atoms with Crippen LogP contribution < -0.4 is 5.19 Å². The van der Waals surface area contributed by atoms with Crippen molar-refractivity contribution in [2.45, 2.75) is 64.8 Å². The van der Waals surface area contributed by atoms with Crippen molar-refractivity contribution in [3.63, 3.8) is 0 Å². The quantitative estimate of drug-likeness (QED) is 0.753. The molecule has 1 aromatic rings. The zero-order valence-corrected chi connectivity index (χ0v) is 16.5. The first-order valence-corrected chi connectivity index (χ1v) is 12.1. The molecule has 4 heteroatoms. The molecule has 1 saturated heterocycles. The zero-order chi connectivity index (χ0) is 17.3. The Morgan fingerprint density at radius 3 is 2.04 bits per heavy atom. The second-order valence-corrected chi connectivity index (χ2v) is 13.7. The normalized spacial score (nSPS) is 17.2. The molecule has 0 N–H and O–H groups in total. The van der Waals surface area contributed by atoms with Crippen molar-refractivity contribution in [2.75, 3.05) is 13.1 Å². The van der Waals surface area contributed by atoms with Gasteiger partial charge in [-0.05, 0) is 45.1 Å². The van der Waals surface area contributed by atoms with Crippen LogP contribution in [0.5, 0.6) is 0 Å². The molecule has 0 radical (unpaired) electrons. The fourth-order valence-corrected chi connectivity index (χ4v) is 4.14. The van der Waals surface area contributed by atoms with E-state index in [1.54, 1.807) is 0 Å². The summed E-state index contributed by atoms with van der Waals surface area (Å²) >= 11 is 0. The summed E-state index contributed by atoms with van der Waals surface area (Å²) in [5.74, 6) is 0.560. The number of ether oxygens (including phenoxy) is 1. The molecule has 0 spiro atoms. The average Bonchev–Trinajstić information content (AvgIpc) is 2.45. The lowest BCUT2D eigenvalue weighted by molar-refractivity contribution is 0.0205. The van der Waals surface area contributed by atoms with E-state index in [2.05, 4.69) is 43.9 Å². The van der Waals surface area contributed by atoms with E-state index in [1.165, 1.54) is 10.8 Å². The predicted octanol–water partition coefficient (Wildman–Crippen LogP) is 4.35. The molecule has 2 rings (SSSR count). The summed E-state index contributed by atoms with van der Waals surface area (Å²) in [4.78, 5) is 14.0. The first-order chi connectivity index (χ1) is 10.6. The molecule has 1 fully saturated rings. The minimum Gasteiger partial charge on any atom is -0.444 e. The van der Waals surface area contributed by atoms with E-state index < -0.39 is 13.7 Å². The van der Waals surface area contributed by atoms with Gasteiger partial charge in [0, 0.05) is 13.1 Å². The Labute approximate surface area is 142 Å². The monoisotopic (exact) mass is 333 g/mol. The zero-order valence-electron chi connectivity index (χ0n) is 15.5. The molecule has 1 aromatic carbocycles. The minimum atomic E-state index is -1.22. The third kappa shape index (κ3) is 5.10. The van der Waals surface area contributed by atoms with Gasteiger partial charge in [0.15, 0.2) is 0 Å². The standard InChI is InChI=1S/C19H31NO2Si/c1-19(2,3)22-18(21)20-13-11-16(12-14-20)15-7-9-17(10-8-15)23(4,5)6/h7-10,16H,11-14H2,1-6H3. The van der Waals surface area contributed by atoms with E-state index in [9.17, 15) is 4.79 Å². The molecule has 0 saturated carbocycles. The third-order valence-corrected chi connectivity index (χ3v) is 6.46. The Bertz CT molecular complexity index is 532. The minimum absolute atomic E-state index is 0.176. The number of hydrogen-bond donors (Lipinski definition) is 0. The van der Waals surface area contributed by atoms with Gasteiger partial charge in [0.25, 0.3) is 0 Å². The van der Waals surface area contributed by atoms with E-state index in [-0.39, 0.29) is 6.09 Å².